The van der Waals surface area contributed by atoms with Crippen molar-refractivity contribution >= 4 is 17.2 Å². The van der Waals surface area contributed by atoms with Crippen LogP contribution in [0.15, 0.2) is 41.4 Å². The molecule has 0 saturated heterocycles. The minimum atomic E-state index is -0.0552. The molecule has 1 aliphatic rings. The summed E-state index contributed by atoms with van der Waals surface area (Å²) in [6.45, 7) is 2.22. The average molecular weight is 355 g/mol. The van der Waals surface area contributed by atoms with E-state index in [0.717, 1.165) is 17.0 Å². The van der Waals surface area contributed by atoms with Gasteiger partial charge in [0.1, 0.15) is 5.69 Å². The van der Waals surface area contributed by atoms with Crippen LogP contribution in [0.5, 0.6) is 0 Å². The van der Waals surface area contributed by atoms with Gasteiger partial charge in [0.25, 0.3) is 5.91 Å². The van der Waals surface area contributed by atoms with Gasteiger partial charge in [0, 0.05) is 47.9 Å². The molecular weight excluding hydrogens is 338 g/mol. The predicted octanol–water partition coefficient (Wildman–Crippen LogP) is 1.98. The maximum Gasteiger partial charge on any atom is 0.252 e. The first kappa shape index (κ1) is 15.9. The molecule has 8 heteroatoms. The molecule has 0 saturated carbocycles. The Morgan fingerprint density at radius 3 is 3.20 bits per heavy atom. The maximum absolute atomic E-state index is 12.1. The molecular formula is C17H17N5O2S. The quantitative estimate of drug-likeness (QED) is 0.774. The molecule has 0 spiro atoms. The molecule has 3 aromatic heterocycles. The normalized spacial score (nSPS) is 16.9. The molecule has 1 N–H and O–H groups in total. The number of nitrogens with one attached hydrogen (secondary N) is 1. The molecule has 0 radical (unpaired) electrons. The molecule has 0 bridgehead atoms. The van der Waals surface area contributed by atoms with Crippen LogP contribution in [-0.4, -0.2) is 39.0 Å². The first-order valence-corrected chi connectivity index (χ1v) is 8.96. The predicted molar refractivity (Wildman–Crippen MR) is 93.1 cm³/mol. The van der Waals surface area contributed by atoms with Gasteiger partial charge in [-0.1, -0.05) is 5.21 Å². The highest BCUT2D eigenvalue weighted by Gasteiger charge is 2.23. The average Bonchev–Trinajstić information content (AvgIpc) is 3.27. The van der Waals surface area contributed by atoms with Crippen molar-refractivity contribution < 1.29 is 9.53 Å². The van der Waals surface area contributed by atoms with Gasteiger partial charge in [0.2, 0.25) is 0 Å². The van der Waals surface area contributed by atoms with E-state index in [9.17, 15) is 4.79 Å². The Morgan fingerprint density at radius 1 is 1.44 bits per heavy atom. The standard InChI is InChI=1S/C17H17N5O2S/c23-17(14-3-5-25-11-14)19-6-12-8-22-15(10-24-9-12)16(20-21-22)13-2-1-4-18-7-13/h1-5,7,11-12H,6,8-10H2,(H,19,23). The lowest BCUT2D eigenvalue weighted by molar-refractivity contribution is 0.0852. The molecule has 1 aliphatic heterocycles. The van der Waals surface area contributed by atoms with Crippen LogP contribution in [0.3, 0.4) is 0 Å². The number of ether oxygens (including phenoxy) is 1. The Labute approximate surface area is 148 Å². The van der Waals surface area contributed by atoms with Gasteiger partial charge in [-0.15, -0.1) is 5.10 Å². The lowest BCUT2D eigenvalue weighted by Gasteiger charge is -2.14. The summed E-state index contributed by atoms with van der Waals surface area (Å²) in [7, 11) is 0. The van der Waals surface area contributed by atoms with Gasteiger partial charge >= 0.3 is 0 Å². The fourth-order valence-corrected chi connectivity index (χ4v) is 3.46. The van der Waals surface area contributed by atoms with Gasteiger partial charge in [0.15, 0.2) is 0 Å². The Kier molecular flexibility index (Phi) is 4.53. The third kappa shape index (κ3) is 3.45. The van der Waals surface area contributed by atoms with E-state index in [-0.39, 0.29) is 11.8 Å². The molecule has 3 aromatic rings. The lowest BCUT2D eigenvalue weighted by Crippen LogP contribution is -2.32. The first-order valence-electron chi connectivity index (χ1n) is 8.02. The van der Waals surface area contributed by atoms with E-state index in [1.54, 1.807) is 12.4 Å². The number of rotatable bonds is 4. The van der Waals surface area contributed by atoms with Crippen molar-refractivity contribution in [1.82, 2.24) is 25.3 Å². The molecule has 1 unspecified atom stereocenters. The number of nitrogens with zero attached hydrogens (tertiary/aromatic N) is 4. The number of fused-ring (bicyclic) bond motifs is 1. The van der Waals surface area contributed by atoms with E-state index in [0.29, 0.717) is 31.9 Å². The number of pyridine rings is 1. The number of aromatic nitrogens is 4. The van der Waals surface area contributed by atoms with Crippen LogP contribution in [0.1, 0.15) is 16.1 Å². The van der Waals surface area contributed by atoms with E-state index in [2.05, 4.69) is 20.6 Å². The van der Waals surface area contributed by atoms with E-state index in [4.69, 9.17) is 4.74 Å². The van der Waals surface area contributed by atoms with Crippen LogP contribution in [0.25, 0.3) is 11.3 Å². The fourth-order valence-electron chi connectivity index (χ4n) is 2.83. The van der Waals surface area contributed by atoms with E-state index in [1.807, 2.05) is 33.6 Å². The third-order valence-electron chi connectivity index (χ3n) is 4.13. The van der Waals surface area contributed by atoms with Gasteiger partial charge in [0.05, 0.1) is 18.9 Å². The summed E-state index contributed by atoms with van der Waals surface area (Å²) in [4.78, 5) is 16.2. The summed E-state index contributed by atoms with van der Waals surface area (Å²) in [6.07, 6.45) is 3.50. The molecule has 25 heavy (non-hydrogen) atoms. The monoisotopic (exact) mass is 355 g/mol. The Morgan fingerprint density at radius 2 is 2.40 bits per heavy atom. The van der Waals surface area contributed by atoms with Crippen molar-refractivity contribution in [3.8, 4) is 11.3 Å². The molecule has 0 aliphatic carbocycles. The van der Waals surface area contributed by atoms with Crippen LogP contribution in [0.2, 0.25) is 0 Å². The number of carbonyl (C=O) groups excluding carboxylic acids is 1. The van der Waals surface area contributed by atoms with Crippen molar-refractivity contribution in [2.75, 3.05) is 13.2 Å². The summed E-state index contributed by atoms with van der Waals surface area (Å²) in [5, 5.41) is 15.3. The highest BCUT2D eigenvalue weighted by Crippen LogP contribution is 2.23. The van der Waals surface area contributed by atoms with E-state index < -0.39 is 0 Å². The minimum Gasteiger partial charge on any atom is -0.375 e. The zero-order valence-corrected chi connectivity index (χ0v) is 14.3. The fraction of sp³-hybridized carbons (Fsp3) is 0.294. The second-order valence-corrected chi connectivity index (χ2v) is 6.69. The van der Waals surface area contributed by atoms with Crippen molar-refractivity contribution in [2.24, 2.45) is 5.92 Å². The highest BCUT2D eigenvalue weighted by molar-refractivity contribution is 7.08. The van der Waals surface area contributed by atoms with Gasteiger partial charge < -0.3 is 10.1 Å². The Balaban J connectivity index is 1.45. The second-order valence-electron chi connectivity index (χ2n) is 5.91. The van der Waals surface area contributed by atoms with Crippen molar-refractivity contribution in [3.05, 3.63) is 52.6 Å². The molecule has 0 fully saturated rings. The number of hydrogen-bond donors (Lipinski definition) is 1. The third-order valence-corrected chi connectivity index (χ3v) is 4.81. The zero-order valence-electron chi connectivity index (χ0n) is 13.5. The minimum absolute atomic E-state index is 0.0552. The van der Waals surface area contributed by atoms with E-state index in [1.165, 1.54) is 11.3 Å². The van der Waals surface area contributed by atoms with Crippen LogP contribution in [0, 0.1) is 5.92 Å². The number of amides is 1. The molecule has 0 aromatic carbocycles. The summed E-state index contributed by atoms with van der Waals surface area (Å²) in [5.41, 5.74) is 3.37. The molecule has 4 heterocycles. The molecule has 128 valence electrons. The molecule has 7 nitrogen and oxygen atoms in total. The number of carbonyl (C=O) groups is 1. The number of thiophene rings is 1. The smallest absolute Gasteiger partial charge is 0.252 e. The molecule has 4 rings (SSSR count). The molecule has 1 atom stereocenters. The summed E-state index contributed by atoms with van der Waals surface area (Å²) in [5.74, 6) is 0.0904. The summed E-state index contributed by atoms with van der Waals surface area (Å²) < 4.78 is 7.68. The Hall–Kier alpha value is -2.58. The van der Waals surface area contributed by atoms with Crippen LogP contribution >= 0.6 is 11.3 Å². The topological polar surface area (TPSA) is 81.9 Å². The SMILES string of the molecule is O=C(NCC1COCc2c(-c3cccnc3)nnn2C1)c1ccsc1. The number of hydrogen-bond acceptors (Lipinski definition) is 6. The summed E-state index contributed by atoms with van der Waals surface area (Å²) >= 11 is 1.51. The summed E-state index contributed by atoms with van der Waals surface area (Å²) in [6, 6.07) is 5.65. The van der Waals surface area contributed by atoms with Crippen molar-refractivity contribution in [3.63, 3.8) is 0 Å². The van der Waals surface area contributed by atoms with E-state index >= 15 is 0 Å². The second kappa shape index (κ2) is 7.12. The van der Waals surface area contributed by atoms with Gasteiger partial charge in [-0.3, -0.25) is 9.78 Å². The largest absolute Gasteiger partial charge is 0.375 e. The Bertz CT molecular complexity index is 847. The van der Waals surface area contributed by atoms with Crippen molar-refractivity contribution in [1.29, 1.82) is 0 Å². The zero-order chi connectivity index (χ0) is 17.1. The van der Waals surface area contributed by atoms with Gasteiger partial charge in [-0.05, 0) is 23.6 Å². The van der Waals surface area contributed by atoms with Gasteiger partial charge in [-0.25, -0.2) is 4.68 Å². The van der Waals surface area contributed by atoms with Crippen LogP contribution < -0.4 is 5.32 Å². The van der Waals surface area contributed by atoms with Crippen LogP contribution in [-0.2, 0) is 17.9 Å². The maximum atomic E-state index is 12.1. The lowest BCUT2D eigenvalue weighted by atomic mass is 10.1. The van der Waals surface area contributed by atoms with Crippen molar-refractivity contribution in [2.45, 2.75) is 13.2 Å². The highest BCUT2D eigenvalue weighted by atomic mass is 32.1. The van der Waals surface area contributed by atoms with Gasteiger partial charge in [-0.2, -0.15) is 11.3 Å². The first-order chi connectivity index (χ1) is 12.3. The van der Waals surface area contributed by atoms with Crippen LogP contribution in [0.4, 0.5) is 0 Å². The molecule has 1 amide bonds.